The lowest BCUT2D eigenvalue weighted by molar-refractivity contribution is 0.651. The van der Waals surface area contributed by atoms with Crippen molar-refractivity contribution in [3.8, 4) is 6.07 Å². The largest absolute Gasteiger partial charge is 0.273 e. The number of halogens is 1. The van der Waals surface area contributed by atoms with Crippen molar-refractivity contribution in [2.75, 3.05) is 6.26 Å². The van der Waals surface area contributed by atoms with E-state index in [1.807, 2.05) is 12.3 Å². The fourth-order valence-electron chi connectivity index (χ4n) is 0.979. The molecule has 0 aliphatic rings. The summed E-state index contributed by atoms with van der Waals surface area (Å²) in [6, 6.07) is 1.94. The lowest BCUT2D eigenvalue weighted by Crippen LogP contribution is -2.24. The second-order valence-electron chi connectivity index (χ2n) is 2.55. The molecule has 1 rings (SSSR count). The highest BCUT2D eigenvalue weighted by atomic mass is 79.9. The fourth-order valence-corrected chi connectivity index (χ4v) is 1.88. The van der Waals surface area contributed by atoms with Crippen molar-refractivity contribution < 1.29 is 0 Å². The van der Waals surface area contributed by atoms with Crippen molar-refractivity contribution in [1.29, 1.82) is 5.26 Å². The number of nitriles is 1. The van der Waals surface area contributed by atoms with Gasteiger partial charge in [0.1, 0.15) is 11.0 Å². The third kappa shape index (κ3) is 1.99. The van der Waals surface area contributed by atoms with Crippen molar-refractivity contribution >= 4 is 27.7 Å². The molecule has 0 bridgehead atoms. The van der Waals surface area contributed by atoms with Crippen LogP contribution in [-0.2, 0) is 6.54 Å². The lowest BCUT2D eigenvalue weighted by Gasteiger charge is -2.08. The summed E-state index contributed by atoms with van der Waals surface area (Å²) in [7, 11) is 0. The van der Waals surface area contributed by atoms with Crippen molar-refractivity contribution in [2.45, 2.75) is 18.6 Å². The Kier molecular flexibility index (Phi) is 3.72. The van der Waals surface area contributed by atoms with Gasteiger partial charge < -0.3 is 0 Å². The monoisotopic (exact) mass is 273 g/mol. The van der Waals surface area contributed by atoms with Crippen molar-refractivity contribution in [3.05, 3.63) is 20.5 Å². The van der Waals surface area contributed by atoms with E-state index in [4.69, 9.17) is 5.26 Å². The quantitative estimate of drug-likeness (QED) is 0.606. The molecular formula is C8H8BrN3OS. The maximum absolute atomic E-state index is 11.7. The zero-order chi connectivity index (χ0) is 10.7. The van der Waals surface area contributed by atoms with Gasteiger partial charge in [0, 0.05) is 0 Å². The molecule has 0 aromatic carbocycles. The Bertz CT molecular complexity index is 449. The molecule has 0 fully saturated rings. The van der Waals surface area contributed by atoms with Crippen LogP contribution in [0.2, 0.25) is 0 Å². The maximum atomic E-state index is 11.7. The minimum absolute atomic E-state index is 0.0287. The highest BCUT2D eigenvalue weighted by Gasteiger charge is 2.10. The average Bonchev–Trinajstić information content (AvgIpc) is 2.19. The second kappa shape index (κ2) is 4.62. The minimum Gasteiger partial charge on any atom is -0.273 e. The van der Waals surface area contributed by atoms with Gasteiger partial charge in [-0.15, -0.1) is 0 Å². The van der Waals surface area contributed by atoms with E-state index in [9.17, 15) is 4.79 Å². The molecule has 0 aliphatic heterocycles. The first kappa shape index (κ1) is 11.3. The molecule has 0 atom stereocenters. The van der Waals surface area contributed by atoms with Gasteiger partial charge in [-0.25, -0.2) is 4.98 Å². The van der Waals surface area contributed by atoms with Crippen molar-refractivity contribution in [1.82, 2.24) is 9.55 Å². The zero-order valence-corrected chi connectivity index (χ0v) is 10.1. The number of thioether (sulfide) groups is 1. The molecular weight excluding hydrogens is 266 g/mol. The molecule has 74 valence electrons. The Labute approximate surface area is 94.1 Å². The third-order valence-corrected chi connectivity index (χ3v) is 3.25. The third-order valence-electron chi connectivity index (χ3n) is 1.66. The summed E-state index contributed by atoms with van der Waals surface area (Å²) in [5.74, 6) is 0. The van der Waals surface area contributed by atoms with Gasteiger partial charge in [-0.3, -0.25) is 9.36 Å². The van der Waals surface area contributed by atoms with Gasteiger partial charge in [0.15, 0.2) is 5.16 Å². The molecule has 1 aromatic heterocycles. The number of aromatic nitrogens is 2. The SMILES string of the molecule is CSc1nc(C)c(Br)c(=O)n1CC#N. The number of hydrogen-bond acceptors (Lipinski definition) is 4. The van der Waals surface area contributed by atoms with E-state index in [2.05, 4.69) is 20.9 Å². The first-order chi connectivity index (χ1) is 6.61. The van der Waals surface area contributed by atoms with Gasteiger partial charge in [-0.05, 0) is 29.1 Å². The van der Waals surface area contributed by atoms with E-state index in [0.29, 0.717) is 15.3 Å². The Hall–Kier alpha value is -0.800. The van der Waals surface area contributed by atoms with Crippen LogP contribution in [0.4, 0.5) is 0 Å². The standard InChI is InChI=1S/C8H8BrN3OS/c1-5-6(9)7(13)12(4-3-10)8(11-5)14-2/h4H2,1-2H3. The molecule has 0 radical (unpaired) electrons. The summed E-state index contributed by atoms with van der Waals surface area (Å²) in [5, 5.41) is 9.13. The molecule has 0 saturated heterocycles. The molecule has 6 heteroatoms. The average molecular weight is 274 g/mol. The van der Waals surface area contributed by atoms with Gasteiger partial charge in [-0.2, -0.15) is 5.26 Å². The summed E-state index contributed by atoms with van der Waals surface area (Å²) < 4.78 is 1.77. The van der Waals surface area contributed by atoms with Crippen LogP contribution in [0.15, 0.2) is 14.4 Å². The number of hydrogen-bond donors (Lipinski definition) is 0. The predicted octanol–water partition coefficient (Wildman–Crippen LogP) is 1.56. The van der Waals surface area contributed by atoms with Gasteiger partial charge in [0.25, 0.3) is 5.56 Å². The minimum atomic E-state index is -0.205. The van der Waals surface area contributed by atoms with E-state index in [-0.39, 0.29) is 12.1 Å². The van der Waals surface area contributed by atoms with Crippen molar-refractivity contribution in [3.63, 3.8) is 0 Å². The highest BCUT2D eigenvalue weighted by Crippen LogP contribution is 2.15. The number of aryl methyl sites for hydroxylation is 1. The molecule has 1 heterocycles. The van der Waals surface area contributed by atoms with Crippen LogP contribution in [0.3, 0.4) is 0 Å². The van der Waals surface area contributed by atoms with Gasteiger partial charge >= 0.3 is 0 Å². The van der Waals surface area contributed by atoms with Crippen LogP contribution in [-0.4, -0.2) is 15.8 Å². The van der Waals surface area contributed by atoms with Crippen molar-refractivity contribution in [2.24, 2.45) is 0 Å². The van der Waals surface area contributed by atoms with Crippen LogP contribution in [0.1, 0.15) is 5.69 Å². The molecule has 4 nitrogen and oxygen atoms in total. The van der Waals surface area contributed by atoms with E-state index >= 15 is 0 Å². The normalized spacial score (nSPS) is 9.86. The van der Waals surface area contributed by atoms with Crippen LogP contribution in [0, 0.1) is 18.3 Å². The smallest absolute Gasteiger partial charge is 0.269 e. The van der Waals surface area contributed by atoms with Crippen LogP contribution >= 0.6 is 27.7 Å². The van der Waals surface area contributed by atoms with E-state index in [1.54, 1.807) is 6.92 Å². The van der Waals surface area contributed by atoms with Gasteiger partial charge in [0.2, 0.25) is 0 Å². The first-order valence-electron chi connectivity index (χ1n) is 3.79. The molecule has 1 aromatic rings. The molecule has 0 aliphatic carbocycles. The summed E-state index contributed by atoms with van der Waals surface area (Å²) in [6.07, 6.45) is 1.82. The summed E-state index contributed by atoms with van der Waals surface area (Å²) in [6.45, 7) is 1.78. The van der Waals surface area contributed by atoms with E-state index in [0.717, 1.165) is 0 Å². The first-order valence-corrected chi connectivity index (χ1v) is 5.81. The Morgan fingerprint density at radius 2 is 2.36 bits per heavy atom. The topological polar surface area (TPSA) is 58.7 Å². The second-order valence-corrected chi connectivity index (χ2v) is 4.11. The maximum Gasteiger partial charge on any atom is 0.269 e. The molecule has 0 saturated carbocycles. The Morgan fingerprint density at radius 1 is 1.71 bits per heavy atom. The summed E-state index contributed by atoms with van der Waals surface area (Å²) in [4.78, 5) is 15.9. The lowest BCUT2D eigenvalue weighted by atomic mass is 10.4. The Morgan fingerprint density at radius 3 is 2.86 bits per heavy atom. The predicted molar refractivity (Wildman–Crippen MR) is 58.3 cm³/mol. The molecule has 0 amide bonds. The van der Waals surface area contributed by atoms with Crippen LogP contribution in [0.25, 0.3) is 0 Å². The summed E-state index contributed by atoms with van der Waals surface area (Å²) in [5.41, 5.74) is 0.442. The van der Waals surface area contributed by atoms with Crippen LogP contribution < -0.4 is 5.56 Å². The number of nitrogens with zero attached hydrogens (tertiary/aromatic N) is 3. The fraction of sp³-hybridized carbons (Fsp3) is 0.375. The van der Waals surface area contributed by atoms with Gasteiger partial charge in [0.05, 0.1) is 11.8 Å². The number of rotatable bonds is 2. The zero-order valence-electron chi connectivity index (χ0n) is 7.74. The van der Waals surface area contributed by atoms with Gasteiger partial charge in [-0.1, -0.05) is 11.8 Å². The molecule has 0 N–H and O–H groups in total. The molecule has 0 unspecified atom stereocenters. The van der Waals surface area contributed by atoms with E-state index < -0.39 is 0 Å². The molecule has 0 spiro atoms. The molecule has 14 heavy (non-hydrogen) atoms. The Balaban J connectivity index is 3.47. The van der Waals surface area contributed by atoms with Crippen LogP contribution in [0.5, 0.6) is 0 Å². The van der Waals surface area contributed by atoms with E-state index in [1.165, 1.54) is 16.3 Å². The summed E-state index contributed by atoms with van der Waals surface area (Å²) >= 11 is 4.50. The highest BCUT2D eigenvalue weighted by molar-refractivity contribution is 9.10.